The number of benzene rings is 1. The summed E-state index contributed by atoms with van der Waals surface area (Å²) in [7, 11) is 1.47. The molecule has 0 saturated carbocycles. The van der Waals surface area contributed by atoms with Crippen LogP contribution in [0.5, 0.6) is 0 Å². The van der Waals surface area contributed by atoms with Crippen molar-refractivity contribution >= 4 is 23.6 Å². The second-order valence-electron chi connectivity index (χ2n) is 8.26. The fourth-order valence-corrected chi connectivity index (χ4v) is 3.95. The number of carboxylic acid groups (broad SMARTS) is 1. The van der Waals surface area contributed by atoms with Crippen molar-refractivity contribution in [1.29, 1.82) is 0 Å². The van der Waals surface area contributed by atoms with Gasteiger partial charge < -0.3 is 15.6 Å². The first-order valence-corrected chi connectivity index (χ1v) is 8.98. The number of carbonyl (C=O) groups is 2. The normalized spacial score (nSPS) is 27.4. The van der Waals surface area contributed by atoms with Gasteiger partial charge in [0.05, 0.1) is 18.6 Å². The Bertz CT molecular complexity index is 866. The molecule has 1 saturated heterocycles. The highest BCUT2D eigenvalue weighted by Crippen LogP contribution is 2.47. The number of nitrogens with zero attached hydrogens (tertiary/aromatic N) is 3. The molecule has 0 aliphatic carbocycles. The summed E-state index contributed by atoms with van der Waals surface area (Å²) in [5.74, 6) is -1.82. The first-order valence-electron chi connectivity index (χ1n) is 8.98. The highest BCUT2D eigenvalue weighted by Gasteiger charge is 2.59. The van der Waals surface area contributed by atoms with E-state index in [0.29, 0.717) is 5.69 Å². The van der Waals surface area contributed by atoms with Crippen molar-refractivity contribution in [2.24, 2.45) is 10.9 Å². The molecule has 2 heterocycles. The van der Waals surface area contributed by atoms with E-state index in [1.807, 2.05) is 0 Å². The van der Waals surface area contributed by atoms with Crippen LogP contribution in [0.2, 0.25) is 0 Å². The number of ether oxygens (including phenoxy) is 1. The van der Waals surface area contributed by atoms with Crippen LogP contribution in [0.15, 0.2) is 23.2 Å². The Labute approximate surface area is 162 Å². The Balaban J connectivity index is 2.31. The van der Waals surface area contributed by atoms with E-state index in [0.717, 1.165) is 4.90 Å². The van der Waals surface area contributed by atoms with Crippen LogP contribution in [0.4, 0.5) is 14.9 Å². The predicted molar refractivity (Wildman–Crippen MR) is 101 cm³/mol. The number of nitrogens with two attached hydrogens (primary N) is 1. The molecule has 8 nitrogen and oxygen atoms in total. The van der Waals surface area contributed by atoms with Crippen molar-refractivity contribution in [2.75, 3.05) is 19.4 Å². The summed E-state index contributed by atoms with van der Waals surface area (Å²) in [4.78, 5) is 32.1. The first-order chi connectivity index (χ1) is 12.9. The van der Waals surface area contributed by atoms with E-state index >= 15 is 0 Å². The van der Waals surface area contributed by atoms with Crippen molar-refractivity contribution in [2.45, 2.75) is 44.9 Å². The van der Waals surface area contributed by atoms with Gasteiger partial charge in [0.2, 0.25) is 11.9 Å². The number of halogens is 1. The number of rotatable bonds is 1. The Morgan fingerprint density at radius 2 is 2.11 bits per heavy atom. The summed E-state index contributed by atoms with van der Waals surface area (Å²) >= 11 is 0. The summed E-state index contributed by atoms with van der Waals surface area (Å²) in [5, 5.41) is 9.79. The van der Waals surface area contributed by atoms with Gasteiger partial charge >= 0.3 is 6.09 Å². The van der Waals surface area contributed by atoms with Gasteiger partial charge in [0.1, 0.15) is 11.4 Å². The zero-order valence-electron chi connectivity index (χ0n) is 16.6. The van der Waals surface area contributed by atoms with Crippen molar-refractivity contribution in [1.82, 2.24) is 9.80 Å². The maximum Gasteiger partial charge on any atom is 0.414 e. The van der Waals surface area contributed by atoms with E-state index in [-0.39, 0.29) is 24.0 Å². The lowest BCUT2D eigenvalue weighted by Gasteiger charge is -2.44. The van der Waals surface area contributed by atoms with E-state index < -0.39 is 35.0 Å². The van der Waals surface area contributed by atoms with Crippen molar-refractivity contribution in [3.05, 3.63) is 29.6 Å². The SMILES string of the molecule is C[C@H]1OC[C@]2(c3cc(N)ccc3F)N=C(N(C(=O)O)C(C)(C)C)N(C)C(=O)[C@H]12. The van der Waals surface area contributed by atoms with Gasteiger partial charge in [-0.2, -0.15) is 0 Å². The number of hydrogen-bond donors (Lipinski definition) is 2. The molecule has 0 unspecified atom stereocenters. The van der Waals surface area contributed by atoms with Crippen molar-refractivity contribution < 1.29 is 23.8 Å². The van der Waals surface area contributed by atoms with Crippen LogP contribution in [0, 0.1) is 11.7 Å². The van der Waals surface area contributed by atoms with E-state index in [9.17, 15) is 19.1 Å². The van der Waals surface area contributed by atoms with Gasteiger partial charge in [0, 0.05) is 23.8 Å². The lowest BCUT2D eigenvalue weighted by molar-refractivity contribution is -0.135. The third-order valence-electron chi connectivity index (χ3n) is 5.27. The third kappa shape index (κ3) is 2.90. The molecule has 152 valence electrons. The van der Waals surface area contributed by atoms with Gasteiger partial charge in [0.15, 0.2) is 0 Å². The second kappa shape index (κ2) is 6.44. The van der Waals surface area contributed by atoms with Gasteiger partial charge in [0.25, 0.3) is 0 Å². The van der Waals surface area contributed by atoms with E-state index in [1.54, 1.807) is 27.7 Å². The molecule has 0 radical (unpaired) electrons. The van der Waals surface area contributed by atoms with Gasteiger partial charge in [-0.1, -0.05) is 0 Å². The average Bonchev–Trinajstić information content (AvgIpc) is 2.91. The molecule has 2 amide bonds. The summed E-state index contributed by atoms with van der Waals surface area (Å²) in [6.45, 7) is 6.74. The number of fused-ring (bicyclic) bond motifs is 1. The number of aliphatic imine (C=N–C) groups is 1. The second-order valence-corrected chi connectivity index (χ2v) is 8.26. The lowest BCUT2D eigenvalue weighted by Crippen LogP contribution is -2.62. The van der Waals surface area contributed by atoms with Crippen LogP contribution in [-0.2, 0) is 15.1 Å². The Hall–Kier alpha value is -2.68. The lowest BCUT2D eigenvalue weighted by atomic mass is 9.76. The molecule has 0 aromatic heterocycles. The molecule has 9 heteroatoms. The minimum Gasteiger partial charge on any atom is -0.465 e. The van der Waals surface area contributed by atoms with Crippen LogP contribution < -0.4 is 5.73 Å². The van der Waals surface area contributed by atoms with E-state index in [1.165, 1.54) is 30.1 Å². The first kappa shape index (κ1) is 20.1. The quantitative estimate of drug-likeness (QED) is 0.713. The topological polar surface area (TPSA) is 108 Å². The molecule has 1 aromatic carbocycles. The third-order valence-corrected chi connectivity index (χ3v) is 5.27. The zero-order valence-corrected chi connectivity index (χ0v) is 16.6. The predicted octanol–water partition coefficient (Wildman–Crippen LogP) is 2.24. The summed E-state index contributed by atoms with van der Waals surface area (Å²) in [6, 6.07) is 4.08. The molecular formula is C19H25FN4O4. The molecule has 28 heavy (non-hydrogen) atoms. The zero-order chi connectivity index (χ0) is 21.0. The average molecular weight is 392 g/mol. The van der Waals surface area contributed by atoms with Crippen LogP contribution in [0.25, 0.3) is 0 Å². The van der Waals surface area contributed by atoms with Crippen LogP contribution in [-0.4, -0.2) is 58.2 Å². The molecule has 1 fully saturated rings. The molecule has 1 aromatic rings. The summed E-state index contributed by atoms with van der Waals surface area (Å²) < 4.78 is 20.5. The number of guanidine groups is 1. The van der Waals surface area contributed by atoms with Crippen LogP contribution >= 0.6 is 0 Å². The molecule has 2 aliphatic rings. The molecule has 2 aliphatic heterocycles. The Morgan fingerprint density at radius 1 is 1.46 bits per heavy atom. The molecule has 3 rings (SSSR count). The van der Waals surface area contributed by atoms with Crippen molar-refractivity contribution in [3.8, 4) is 0 Å². The van der Waals surface area contributed by atoms with Crippen molar-refractivity contribution in [3.63, 3.8) is 0 Å². The molecule has 3 N–H and O–H groups in total. The number of anilines is 1. The van der Waals surface area contributed by atoms with E-state index in [2.05, 4.69) is 4.99 Å². The number of amides is 2. The van der Waals surface area contributed by atoms with Gasteiger partial charge in [-0.05, 0) is 45.9 Å². The maximum atomic E-state index is 14.8. The van der Waals surface area contributed by atoms with Crippen LogP contribution in [0.3, 0.4) is 0 Å². The van der Waals surface area contributed by atoms with Gasteiger partial charge in [-0.25, -0.2) is 19.1 Å². The standard InChI is InChI=1S/C19H25FN4O4/c1-10-14-15(25)23(5)16(24(17(26)27)18(2,3)4)22-19(14,9-28-10)12-8-11(21)6-7-13(12)20/h6-8,10,14H,9,21H2,1-5H3,(H,26,27)/t10-,14+,19-/m1/s1. The highest BCUT2D eigenvalue weighted by atomic mass is 19.1. The fraction of sp³-hybridized carbons (Fsp3) is 0.526. The monoisotopic (exact) mass is 392 g/mol. The number of nitrogen functional groups attached to an aromatic ring is 1. The van der Waals surface area contributed by atoms with Gasteiger partial charge in [-0.3, -0.25) is 9.69 Å². The number of hydrogen-bond acceptors (Lipinski definition) is 5. The van der Waals surface area contributed by atoms with Crippen LogP contribution in [0.1, 0.15) is 33.3 Å². The Morgan fingerprint density at radius 3 is 2.68 bits per heavy atom. The highest BCUT2D eigenvalue weighted by molar-refractivity contribution is 6.06. The summed E-state index contributed by atoms with van der Waals surface area (Å²) in [5.41, 5.74) is 4.03. The molecular weight excluding hydrogens is 367 g/mol. The number of carbonyl (C=O) groups excluding carboxylic acids is 1. The molecule has 0 spiro atoms. The molecule has 0 bridgehead atoms. The fourth-order valence-electron chi connectivity index (χ4n) is 3.95. The van der Waals surface area contributed by atoms with E-state index in [4.69, 9.17) is 10.5 Å². The smallest absolute Gasteiger partial charge is 0.414 e. The maximum absolute atomic E-state index is 14.8. The minimum absolute atomic E-state index is 0.0557. The largest absolute Gasteiger partial charge is 0.465 e. The Kier molecular flexibility index (Phi) is 4.61. The minimum atomic E-state index is -1.39. The van der Waals surface area contributed by atoms with Gasteiger partial charge in [-0.15, -0.1) is 0 Å². The molecule has 3 atom stereocenters. The summed E-state index contributed by atoms with van der Waals surface area (Å²) in [6.07, 6.45) is -1.78.